The van der Waals surface area contributed by atoms with Gasteiger partial charge in [-0.2, -0.15) is 4.68 Å². The highest BCUT2D eigenvalue weighted by Crippen LogP contribution is 2.26. The van der Waals surface area contributed by atoms with Gasteiger partial charge in [0, 0.05) is 8.59 Å². The third kappa shape index (κ3) is 3.05. The Balaban J connectivity index is 2.07. The van der Waals surface area contributed by atoms with Crippen LogP contribution in [0.25, 0.3) is 10.9 Å². The number of hydrogen-bond donors (Lipinski definition) is 1. The standard InChI is InChI=1S/C16H12Cl2IN3O/c1-21-14-6-4-10(19)8-11(14)15(22(21)2)16(23)20-13-5-3-9(17)7-12(13)18/h3-8H,1-2H3/p+1. The lowest BCUT2D eigenvalue weighted by Crippen LogP contribution is -2.43. The summed E-state index contributed by atoms with van der Waals surface area (Å²) in [6, 6.07) is 11.0. The number of carbonyl (C=O) groups excluding carboxylic acids is 1. The van der Waals surface area contributed by atoms with E-state index in [1.807, 2.05) is 41.7 Å². The maximum Gasteiger partial charge on any atom is 0.323 e. The quantitative estimate of drug-likeness (QED) is 0.452. The minimum atomic E-state index is -0.218. The molecule has 0 unspecified atom stereocenters. The summed E-state index contributed by atoms with van der Waals surface area (Å²) in [5.41, 5.74) is 2.09. The fourth-order valence-electron chi connectivity index (χ4n) is 2.51. The first-order valence-corrected chi connectivity index (χ1v) is 8.62. The summed E-state index contributed by atoms with van der Waals surface area (Å²) in [6.45, 7) is 0. The smallest absolute Gasteiger partial charge is 0.315 e. The molecule has 0 bridgehead atoms. The number of benzene rings is 2. The lowest BCUT2D eigenvalue weighted by atomic mass is 10.2. The molecule has 0 spiro atoms. The van der Waals surface area contributed by atoms with Gasteiger partial charge in [0.05, 0.1) is 23.1 Å². The molecule has 1 aromatic heterocycles. The number of halogens is 3. The second-order valence-corrected chi connectivity index (χ2v) is 7.22. The van der Waals surface area contributed by atoms with Crippen LogP contribution in [-0.4, -0.2) is 10.6 Å². The van der Waals surface area contributed by atoms with E-state index in [2.05, 4.69) is 27.9 Å². The summed E-state index contributed by atoms with van der Waals surface area (Å²) >= 11 is 14.3. The van der Waals surface area contributed by atoms with E-state index in [0.717, 1.165) is 14.5 Å². The summed E-state index contributed by atoms with van der Waals surface area (Å²) in [5.74, 6) is -0.218. The predicted octanol–water partition coefficient (Wildman–Crippen LogP) is 4.17. The van der Waals surface area contributed by atoms with Crippen LogP contribution >= 0.6 is 45.8 Å². The van der Waals surface area contributed by atoms with Crippen LogP contribution in [0.2, 0.25) is 10.0 Å². The van der Waals surface area contributed by atoms with E-state index >= 15 is 0 Å². The molecule has 0 saturated carbocycles. The van der Waals surface area contributed by atoms with E-state index in [1.165, 1.54) is 0 Å². The van der Waals surface area contributed by atoms with Gasteiger partial charge in [0.25, 0.3) is 0 Å². The predicted molar refractivity (Wildman–Crippen MR) is 101 cm³/mol. The van der Waals surface area contributed by atoms with Crippen molar-refractivity contribution in [2.45, 2.75) is 0 Å². The highest BCUT2D eigenvalue weighted by Gasteiger charge is 2.27. The van der Waals surface area contributed by atoms with Crippen molar-refractivity contribution in [2.75, 3.05) is 5.32 Å². The lowest BCUT2D eigenvalue weighted by Gasteiger charge is -2.05. The number of hydrogen-bond acceptors (Lipinski definition) is 1. The molecule has 23 heavy (non-hydrogen) atoms. The van der Waals surface area contributed by atoms with E-state index in [0.29, 0.717) is 21.4 Å². The molecule has 0 radical (unpaired) electrons. The van der Waals surface area contributed by atoms with Gasteiger partial charge in [-0.1, -0.05) is 23.2 Å². The normalized spacial score (nSPS) is 11.0. The zero-order chi connectivity index (χ0) is 16.7. The molecule has 1 amide bonds. The average molecular weight is 461 g/mol. The summed E-state index contributed by atoms with van der Waals surface area (Å²) in [5, 5.41) is 4.68. The van der Waals surface area contributed by atoms with Gasteiger partial charge in [-0.3, -0.25) is 4.79 Å². The molecule has 118 valence electrons. The zero-order valence-electron chi connectivity index (χ0n) is 12.4. The number of nitrogens with one attached hydrogen (secondary N) is 1. The fraction of sp³-hybridized carbons (Fsp3) is 0.125. The summed E-state index contributed by atoms with van der Waals surface area (Å²) in [4.78, 5) is 12.8. The fourth-order valence-corrected chi connectivity index (χ4v) is 3.45. The van der Waals surface area contributed by atoms with Gasteiger partial charge in [0.15, 0.2) is 7.05 Å². The van der Waals surface area contributed by atoms with Gasteiger partial charge in [-0.25, -0.2) is 0 Å². The first-order chi connectivity index (χ1) is 10.9. The molecule has 1 heterocycles. The Morgan fingerprint density at radius 1 is 1.22 bits per heavy atom. The highest BCUT2D eigenvalue weighted by molar-refractivity contribution is 14.1. The molecule has 0 aliphatic heterocycles. The van der Waals surface area contributed by atoms with Crippen molar-refractivity contribution in [3.8, 4) is 0 Å². The molecule has 0 fully saturated rings. The minimum absolute atomic E-state index is 0.218. The Morgan fingerprint density at radius 2 is 1.96 bits per heavy atom. The van der Waals surface area contributed by atoms with Gasteiger partial charge in [-0.15, -0.1) is 4.68 Å². The average Bonchev–Trinajstić information content (AvgIpc) is 2.73. The van der Waals surface area contributed by atoms with Crippen LogP contribution in [-0.2, 0) is 14.1 Å². The van der Waals surface area contributed by atoms with Crippen molar-refractivity contribution >= 4 is 68.3 Å². The zero-order valence-corrected chi connectivity index (χ0v) is 16.1. The Hall–Kier alpha value is -1.31. The van der Waals surface area contributed by atoms with Crippen molar-refractivity contribution in [1.29, 1.82) is 0 Å². The first-order valence-electron chi connectivity index (χ1n) is 6.79. The monoisotopic (exact) mass is 460 g/mol. The van der Waals surface area contributed by atoms with E-state index in [9.17, 15) is 4.79 Å². The largest absolute Gasteiger partial charge is 0.323 e. The molecule has 0 aliphatic rings. The first kappa shape index (κ1) is 16.5. The SMILES string of the molecule is Cn1c2ccc(I)cc2c(C(=O)Nc2ccc(Cl)cc2Cl)[n+]1C. The van der Waals surface area contributed by atoms with Gasteiger partial charge in [0.1, 0.15) is 5.52 Å². The molecule has 0 saturated heterocycles. The number of aryl methyl sites for hydroxylation is 1. The van der Waals surface area contributed by atoms with Crippen LogP contribution < -0.4 is 10.00 Å². The molecule has 0 atom stereocenters. The molecule has 3 rings (SSSR count). The van der Waals surface area contributed by atoms with Crippen molar-refractivity contribution in [2.24, 2.45) is 14.1 Å². The minimum Gasteiger partial charge on any atom is -0.315 e. The Kier molecular flexibility index (Phi) is 4.53. The van der Waals surface area contributed by atoms with E-state index in [-0.39, 0.29) is 5.91 Å². The summed E-state index contributed by atoms with van der Waals surface area (Å²) < 4.78 is 4.82. The number of amides is 1. The van der Waals surface area contributed by atoms with Gasteiger partial charge < -0.3 is 5.32 Å². The Morgan fingerprint density at radius 3 is 2.65 bits per heavy atom. The number of nitrogens with zero attached hydrogens (tertiary/aromatic N) is 2. The Bertz CT molecular complexity index is 937. The molecular weight excluding hydrogens is 448 g/mol. The molecule has 0 aliphatic carbocycles. The van der Waals surface area contributed by atoms with Crippen LogP contribution in [0, 0.1) is 3.57 Å². The lowest BCUT2D eigenvalue weighted by molar-refractivity contribution is -0.750. The van der Waals surface area contributed by atoms with E-state index in [4.69, 9.17) is 23.2 Å². The Labute approximate surface area is 157 Å². The third-order valence-electron chi connectivity index (χ3n) is 3.73. The molecule has 2 aromatic carbocycles. The van der Waals surface area contributed by atoms with E-state index in [1.54, 1.807) is 18.2 Å². The molecular formula is C16H13Cl2IN3O+. The van der Waals surface area contributed by atoms with Gasteiger partial charge >= 0.3 is 11.6 Å². The molecule has 1 N–H and O–H groups in total. The second-order valence-electron chi connectivity index (χ2n) is 5.14. The van der Waals surface area contributed by atoms with Crippen molar-refractivity contribution < 1.29 is 9.48 Å². The molecule has 3 aromatic rings. The number of rotatable bonds is 2. The van der Waals surface area contributed by atoms with Crippen LogP contribution in [0.5, 0.6) is 0 Å². The summed E-state index contributed by atoms with van der Waals surface area (Å²) in [7, 11) is 3.77. The van der Waals surface area contributed by atoms with Crippen LogP contribution in [0.3, 0.4) is 0 Å². The number of fused-ring (bicyclic) bond motifs is 1. The number of carbonyl (C=O) groups is 1. The molecule has 4 nitrogen and oxygen atoms in total. The van der Waals surface area contributed by atoms with Crippen molar-refractivity contribution in [3.05, 3.63) is 55.7 Å². The van der Waals surface area contributed by atoms with Gasteiger partial charge in [-0.05, 0) is 59.0 Å². The van der Waals surface area contributed by atoms with Gasteiger partial charge in [0.2, 0.25) is 0 Å². The highest BCUT2D eigenvalue weighted by atomic mass is 127. The topological polar surface area (TPSA) is 37.9 Å². The number of anilines is 1. The van der Waals surface area contributed by atoms with Crippen molar-refractivity contribution in [1.82, 2.24) is 4.68 Å². The second kappa shape index (κ2) is 6.30. The maximum absolute atomic E-state index is 12.8. The third-order valence-corrected chi connectivity index (χ3v) is 4.95. The van der Waals surface area contributed by atoms with Crippen LogP contribution in [0.4, 0.5) is 5.69 Å². The van der Waals surface area contributed by atoms with Crippen LogP contribution in [0.15, 0.2) is 36.4 Å². The van der Waals surface area contributed by atoms with Crippen LogP contribution in [0.1, 0.15) is 10.5 Å². The van der Waals surface area contributed by atoms with Crippen molar-refractivity contribution in [3.63, 3.8) is 0 Å². The molecule has 7 heteroatoms. The maximum atomic E-state index is 12.8. The van der Waals surface area contributed by atoms with E-state index < -0.39 is 0 Å². The number of aromatic nitrogens is 2. The summed E-state index contributed by atoms with van der Waals surface area (Å²) in [6.07, 6.45) is 0.